The zero-order chi connectivity index (χ0) is 20.6. The van der Waals surface area contributed by atoms with Gasteiger partial charge in [-0.1, -0.05) is 24.3 Å². The number of aromatic nitrogens is 3. The molecule has 1 aliphatic rings. The van der Waals surface area contributed by atoms with Crippen LogP contribution in [0.15, 0.2) is 35.6 Å². The van der Waals surface area contributed by atoms with E-state index in [4.69, 9.17) is 4.74 Å². The number of hydrogen-bond donors (Lipinski definition) is 2. The van der Waals surface area contributed by atoms with Crippen LogP contribution in [0.5, 0.6) is 0 Å². The second-order valence-electron chi connectivity index (χ2n) is 7.62. The van der Waals surface area contributed by atoms with Crippen LogP contribution in [0.2, 0.25) is 0 Å². The number of aryl methyl sites for hydroxylation is 1. The summed E-state index contributed by atoms with van der Waals surface area (Å²) in [5, 5.41) is 10.7. The van der Waals surface area contributed by atoms with Crippen molar-refractivity contribution in [3.05, 3.63) is 47.5 Å². The SMILES string of the molecule is CCNC(=NCc1ccc(CN2CC(C)OC(C)C2)cc1)NCc1ncnn1C. The average molecular weight is 400 g/mol. The third kappa shape index (κ3) is 6.54. The molecular weight excluding hydrogens is 366 g/mol. The number of hydrogen-bond acceptors (Lipinski definition) is 5. The lowest BCUT2D eigenvalue weighted by Crippen LogP contribution is -2.44. The van der Waals surface area contributed by atoms with Crippen molar-refractivity contribution in [3.8, 4) is 0 Å². The van der Waals surface area contributed by atoms with E-state index in [1.54, 1.807) is 11.0 Å². The van der Waals surface area contributed by atoms with Gasteiger partial charge in [-0.3, -0.25) is 9.58 Å². The molecule has 3 rings (SSSR count). The summed E-state index contributed by atoms with van der Waals surface area (Å²) in [6.45, 7) is 11.3. The van der Waals surface area contributed by atoms with Gasteiger partial charge in [-0.25, -0.2) is 9.98 Å². The molecule has 8 heteroatoms. The molecule has 1 aromatic heterocycles. The molecule has 2 N–H and O–H groups in total. The van der Waals surface area contributed by atoms with Crippen LogP contribution in [0, 0.1) is 0 Å². The number of rotatable bonds is 7. The molecule has 0 bridgehead atoms. The maximum Gasteiger partial charge on any atom is 0.191 e. The van der Waals surface area contributed by atoms with Crippen LogP contribution >= 0.6 is 0 Å². The fourth-order valence-electron chi connectivity index (χ4n) is 3.58. The lowest BCUT2D eigenvalue weighted by Gasteiger charge is -2.35. The molecule has 0 saturated carbocycles. The Kier molecular flexibility index (Phi) is 7.60. The summed E-state index contributed by atoms with van der Waals surface area (Å²) in [5.74, 6) is 1.64. The molecule has 29 heavy (non-hydrogen) atoms. The van der Waals surface area contributed by atoms with Crippen molar-refractivity contribution in [2.24, 2.45) is 12.0 Å². The normalized spacial score (nSPS) is 20.6. The van der Waals surface area contributed by atoms with Crippen LogP contribution in [0.1, 0.15) is 37.7 Å². The minimum absolute atomic E-state index is 0.297. The van der Waals surface area contributed by atoms with Gasteiger partial charge in [0.2, 0.25) is 0 Å². The number of nitrogens with zero attached hydrogens (tertiary/aromatic N) is 5. The van der Waals surface area contributed by atoms with Crippen molar-refractivity contribution >= 4 is 5.96 Å². The van der Waals surface area contributed by atoms with E-state index in [2.05, 4.69) is 75.6 Å². The molecule has 0 aliphatic carbocycles. The molecule has 8 nitrogen and oxygen atoms in total. The third-order valence-electron chi connectivity index (χ3n) is 4.91. The van der Waals surface area contributed by atoms with Gasteiger partial charge in [-0.15, -0.1) is 0 Å². The Bertz CT molecular complexity index is 777. The van der Waals surface area contributed by atoms with Crippen LogP contribution in [0.25, 0.3) is 0 Å². The molecule has 1 saturated heterocycles. The van der Waals surface area contributed by atoms with Crippen LogP contribution < -0.4 is 10.6 Å². The Morgan fingerprint density at radius 3 is 2.45 bits per heavy atom. The summed E-state index contributed by atoms with van der Waals surface area (Å²) in [4.78, 5) is 11.4. The van der Waals surface area contributed by atoms with Crippen LogP contribution in [-0.2, 0) is 31.4 Å². The average Bonchev–Trinajstić information content (AvgIpc) is 3.09. The highest BCUT2D eigenvalue weighted by atomic mass is 16.5. The largest absolute Gasteiger partial charge is 0.373 e. The van der Waals surface area contributed by atoms with Gasteiger partial charge < -0.3 is 15.4 Å². The first-order valence-electron chi connectivity index (χ1n) is 10.3. The fourth-order valence-corrected chi connectivity index (χ4v) is 3.58. The van der Waals surface area contributed by atoms with Crippen molar-refractivity contribution < 1.29 is 4.74 Å². The summed E-state index contributed by atoms with van der Waals surface area (Å²) in [7, 11) is 1.88. The van der Waals surface area contributed by atoms with Gasteiger partial charge in [-0.2, -0.15) is 5.10 Å². The van der Waals surface area contributed by atoms with Crippen molar-refractivity contribution in [3.63, 3.8) is 0 Å². The van der Waals surface area contributed by atoms with E-state index in [1.165, 1.54) is 11.1 Å². The lowest BCUT2D eigenvalue weighted by atomic mass is 10.1. The van der Waals surface area contributed by atoms with Gasteiger partial charge >= 0.3 is 0 Å². The number of ether oxygens (including phenoxy) is 1. The first-order chi connectivity index (χ1) is 14.0. The Morgan fingerprint density at radius 1 is 1.14 bits per heavy atom. The molecule has 2 atom stereocenters. The van der Waals surface area contributed by atoms with Crippen LogP contribution in [0.4, 0.5) is 0 Å². The van der Waals surface area contributed by atoms with E-state index < -0.39 is 0 Å². The highest BCUT2D eigenvalue weighted by Gasteiger charge is 2.21. The molecule has 2 unspecified atom stereocenters. The summed E-state index contributed by atoms with van der Waals surface area (Å²) in [6.07, 6.45) is 2.15. The molecule has 2 heterocycles. The van der Waals surface area contributed by atoms with Crippen LogP contribution in [-0.4, -0.2) is 57.5 Å². The van der Waals surface area contributed by atoms with Gasteiger partial charge in [0.05, 0.1) is 25.3 Å². The monoisotopic (exact) mass is 399 g/mol. The second kappa shape index (κ2) is 10.4. The van der Waals surface area contributed by atoms with E-state index >= 15 is 0 Å². The van der Waals surface area contributed by atoms with Gasteiger partial charge in [0, 0.05) is 33.2 Å². The number of guanidine groups is 1. The van der Waals surface area contributed by atoms with Crippen molar-refractivity contribution in [1.82, 2.24) is 30.3 Å². The molecule has 158 valence electrons. The molecule has 1 aliphatic heterocycles. The molecule has 2 aromatic rings. The Hall–Kier alpha value is -2.45. The van der Waals surface area contributed by atoms with Gasteiger partial charge in [0.15, 0.2) is 5.96 Å². The molecule has 1 fully saturated rings. The molecular formula is C21H33N7O. The number of benzene rings is 1. The first kappa shape index (κ1) is 21.3. The number of aliphatic imine (C=N–C) groups is 1. The fraction of sp³-hybridized carbons (Fsp3) is 0.571. The highest BCUT2D eigenvalue weighted by Crippen LogP contribution is 2.15. The quantitative estimate of drug-likeness (QED) is 0.545. The predicted molar refractivity (Wildman–Crippen MR) is 114 cm³/mol. The van der Waals surface area contributed by atoms with Crippen molar-refractivity contribution in [2.45, 2.75) is 52.6 Å². The number of nitrogens with one attached hydrogen (secondary N) is 2. The molecule has 0 spiro atoms. The zero-order valence-corrected chi connectivity index (χ0v) is 17.9. The molecule has 0 radical (unpaired) electrons. The minimum Gasteiger partial charge on any atom is -0.373 e. The summed E-state index contributed by atoms with van der Waals surface area (Å²) >= 11 is 0. The van der Waals surface area contributed by atoms with Gasteiger partial charge in [0.25, 0.3) is 0 Å². The Morgan fingerprint density at radius 2 is 1.83 bits per heavy atom. The standard InChI is InChI=1S/C21H33N7O/c1-5-22-21(24-11-20-25-15-26-27(20)4)23-10-18-6-8-19(9-7-18)14-28-12-16(2)29-17(3)13-28/h6-9,15-17H,5,10-14H2,1-4H3,(H2,22,23,24). The smallest absolute Gasteiger partial charge is 0.191 e. The molecule has 1 aromatic carbocycles. The second-order valence-corrected chi connectivity index (χ2v) is 7.62. The Labute approximate surface area is 173 Å². The van der Waals surface area contributed by atoms with E-state index in [0.717, 1.165) is 38.0 Å². The predicted octanol–water partition coefficient (Wildman–Crippen LogP) is 1.68. The van der Waals surface area contributed by atoms with Crippen LogP contribution in [0.3, 0.4) is 0 Å². The van der Waals surface area contributed by atoms with Crippen molar-refractivity contribution in [2.75, 3.05) is 19.6 Å². The molecule has 0 amide bonds. The maximum atomic E-state index is 5.82. The highest BCUT2D eigenvalue weighted by molar-refractivity contribution is 5.79. The summed E-state index contributed by atoms with van der Waals surface area (Å²) in [5.41, 5.74) is 2.51. The van der Waals surface area contributed by atoms with Gasteiger partial charge in [0.1, 0.15) is 12.2 Å². The van der Waals surface area contributed by atoms with Crippen molar-refractivity contribution in [1.29, 1.82) is 0 Å². The van der Waals surface area contributed by atoms with Gasteiger partial charge in [-0.05, 0) is 31.9 Å². The first-order valence-corrected chi connectivity index (χ1v) is 10.3. The summed E-state index contributed by atoms with van der Waals surface area (Å²) < 4.78 is 7.58. The number of morpholine rings is 1. The topological polar surface area (TPSA) is 79.6 Å². The minimum atomic E-state index is 0.297. The Balaban J connectivity index is 1.53. The van der Waals surface area contributed by atoms with E-state index in [1.807, 2.05) is 7.05 Å². The van der Waals surface area contributed by atoms with E-state index in [9.17, 15) is 0 Å². The van der Waals surface area contributed by atoms with E-state index in [0.29, 0.717) is 25.3 Å². The third-order valence-corrected chi connectivity index (χ3v) is 4.91. The zero-order valence-electron chi connectivity index (χ0n) is 17.9. The summed E-state index contributed by atoms with van der Waals surface area (Å²) in [6, 6.07) is 8.74. The van der Waals surface area contributed by atoms with E-state index in [-0.39, 0.29) is 0 Å². The maximum absolute atomic E-state index is 5.82. The lowest BCUT2D eigenvalue weighted by molar-refractivity contribution is -0.0704.